The lowest BCUT2D eigenvalue weighted by molar-refractivity contribution is -0.345. The molecule has 0 aromatic heterocycles. The molecular weight excluding hydrogens is 508 g/mol. The Labute approximate surface area is 226 Å². The molecule has 4 aliphatic rings. The van der Waals surface area contributed by atoms with Crippen molar-refractivity contribution in [3.05, 3.63) is 47.0 Å². The van der Waals surface area contributed by atoms with Crippen molar-refractivity contribution < 1.29 is 49.0 Å². The quantitative estimate of drug-likeness (QED) is 0.320. The second-order valence-corrected chi connectivity index (χ2v) is 12.2. The van der Waals surface area contributed by atoms with E-state index >= 15 is 0 Å². The number of hydrogen-bond acceptors (Lipinski definition) is 10. The molecule has 5 rings (SSSR count). The van der Waals surface area contributed by atoms with E-state index in [0.29, 0.717) is 5.57 Å². The Bertz CT molecular complexity index is 1240. The lowest BCUT2D eigenvalue weighted by Crippen LogP contribution is -2.81. The van der Waals surface area contributed by atoms with Crippen LogP contribution < -0.4 is 0 Å². The molecule has 0 spiro atoms. The molecule has 1 heterocycles. The third-order valence-electron chi connectivity index (χ3n) is 9.95. The normalized spacial score (nSPS) is 42.7. The molecule has 1 unspecified atom stereocenters. The highest BCUT2D eigenvalue weighted by atomic mass is 16.6. The Morgan fingerprint density at radius 3 is 2.28 bits per heavy atom. The molecule has 1 aliphatic heterocycles. The summed E-state index contributed by atoms with van der Waals surface area (Å²) in [4.78, 5) is 40.3. The van der Waals surface area contributed by atoms with E-state index in [-0.39, 0.29) is 30.6 Å². The van der Waals surface area contributed by atoms with E-state index in [1.165, 1.54) is 26.0 Å². The summed E-state index contributed by atoms with van der Waals surface area (Å²) in [5.41, 5.74) is -6.24. The number of aliphatic hydroxyl groups is 4. The molecule has 212 valence electrons. The van der Waals surface area contributed by atoms with Crippen LogP contribution in [0.15, 0.2) is 41.5 Å². The van der Waals surface area contributed by atoms with Crippen LogP contribution in [-0.4, -0.2) is 86.5 Å². The van der Waals surface area contributed by atoms with Crippen molar-refractivity contribution in [1.82, 2.24) is 0 Å². The van der Waals surface area contributed by atoms with E-state index < -0.39 is 76.2 Å². The fourth-order valence-corrected chi connectivity index (χ4v) is 7.66. The lowest BCUT2D eigenvalue weighted by atomic mass is 9.44. The third-order valence-corrected chi connectivity index (χ3v) is 9.95. The highest BCUT2D eigenvalue weighted by Gasteiger charge is 2.77. The average molecular weight is 545 g/mol. The highest BCUT2D eigenvalue weighted by molar-refractivity contribution is 5.94. The third kappa shape index (κ3) is 3.62. The lowest BCUT2D eigenvalue weighted by Gasteiger charge is -2.67. The van der Waals surface area contributed by atoms with Crippen molar-refractivity contribution in [1.29, 1.82) is 0 Å². The van der Waals surface area contributed by atoms with Gasteiger partial charge in [-0.1, -0.05) is 32.0 Å². The minimum Gasteiger partial charge on any atom is -0.455 e. The first kappa shape index (κ1) is 27.9. The molecule has 39 heavy (non-hydrogen) atoms. The summed E-state index contributed by atoms with van der Waals surface area (Å²) in [5, 5.41) is 46.7. The number of hydrogen-bond donors (Lipinski definition) is 4. The zero-order valence-corrected chi connectivity index (χ0v) is 22.7. The highest BCUT2D eigenvalue weighted by Crippen LogP contribution is 2.63. The first-order chi connectivity index (χ1) is 18.1. The molecule has 1 aromatic rings. The van der Waals surface area contributed by atoms with E-state index in [2.05, 4.69) is 0 Å². The minimum atomic E-state index is -2.07. The number of carbonyl (C=O) groups is 3. The molecule has 0 amide bonds. The minimum absolute atomic E-state index is 0.0828. The fourth-order valence-electron chi connectivity index (χ4n) is 7.66. The van der Waals surface area contributed by atoms with Gasteiger partial charge >= 0.3 is 11.9 Å². The summed E-state index contributed by atoms with van der Waals surface area (Å²) >= 11 is 0. The Morgan fingerprint density at radius 1 is 1.08 bits per heavy atom. The molecular formula is C29H36O10. The van der Waals surface area contributed by atoms with Crippen LogP contribution in [0, 0.1) is 16.7 Å². The first-order valence-corrected chi connectivity index (χ1v) is 13.2. The predicted octanol–water partition coefficient (Wildman–Crippen LogP) is 1.08. The zero-order valence-electron chi connectivity index (χ0n) is 22.7. The van der Waals surface area contributed by atoms with E-state index in [1.54, 1.807) is 39.0 Å². The Kier molecular flexibility index (Phi) is 6.40. The van der Waals surface area contributed by atoms with Gasteiger partial charge in [-0.15, -0.1) is 0 Å². The SMILES string of the molecule is CC(=O)O[C@@]12CO[C@@H]1C[C@H](O)[C@@]1(C)C(=O)[C@H](O)C3=C(C)[C@@H](O)CC(O)([C@@H](OC(=O)c4ccccc4)[C@H]21)C3(C)C. The van der Waals surface area contributed by atoms with E-state index in [4.69, 9.17) is 14.2 Å². The van der Waals surface area contributed by atoms with Gasteiger partial charge in [0.25, 0.3) is 0 Å². The molecule has 3 fully saturated rings. The number of ether oxygens (including phenoxy) is 3. The van der Waals surface area contributed by atoms with Gasteiger partial charge in [-0.2, -0.15) is 0 Å². The van der Waals surface area contributed by atoms with Gasteiger partial charge in [0.1, 0.15) is 23.9 Å². The summed E-state index contributed by atoms with van der Waals surface area (Å²) < 4.78 is 17.7. The van der Waals surface area contributed by atoms with Gasteiger partial charge in [0.15, 0.2) is 11.4 Å². The van der Waals surface area contributed by atoms with Crippen molar-refractivity contribution in [3.63, 3.8) is 0 Å². The molecule has 1 aromatic carbocycles. The number of ketones is 1. The maximum atomic E-state index is 14.3. The fraction of sp³-hybridized carbons (Fsp3) is 0.621. The van der Waals surface area contributed by atoms with Gasteiger partial charge in [0.2, 0.25) is 0 Å². The Hall–Kier alpha value is -2.63. The van der Waals surface area contributed by atoms with Crippen molar-refractivity contribution in [2.24, 2.45) is 16.7 Å². The number of esters is 2. The van der Waals surface area contributed by atoms with Gasteiger partial charge in [0.05, 0.1) is 35.7 Å². The summed E-state index contributed by atoms with van der Waals surface area (Å²) in [6, 6.07) is 8.08. The molecule has 0 radical (unpaired) electrons. The standard InChI is InChI=1S/C29H36O10/c1-14-17(31)12-29(36)24(38-25(35)16-9-7-6-8-10-16)22-27(5,23(34)21(33)20(14)26(29,3)4)18(32)11-19-28(22,13-37-19)39-15(2)30/h6-10,17-19,21-22,24,31-33,36H,11-13H2,1-5H3/t17-,18-,19+,21+,22-,24-,27+,28-,29?/m0/s1. The van der Waals surface area contributed by atoms with Crippen molar-refractivity contribution in [2.45, 2.75) is 89.2 Å². The summed E-state index contributed by atoms with van der Waals surface area (Å²) in [6.45, 7) is 7.29. The molecule has 4 N–H and O–H groups in total. The van der Waals surface area contributed by atoms with Crippen LogP contribution in [0.3, 0.4) is 0 Å². The second kappa shape index (κ2) is 8.94. The van der Waals surface area contributed by atoms with Gasteiger partial charge in [-0.25, -0.2) is 4.79 Å². The molecule has 9 atom stereocenters. The van der Waals surface area contributed by atoms with Crippen molar-refractivity contribution >= 4 is 17.7 Å². The number of fused-ring (bicyclic) bond motifs is 5. The monoisotopic (exact) mass is 544 g/mol. The maximum Gasteiger partial charge on any atom is 0.338 e. The van der Waals surface area contributed by atoms with E-state index in [9.17, 15) is 34.8 Å². The van der Waals surface area contributed by atoms with Crippen LogP contribution in [0.4, 0.5) is 0 Å². The molecule has 3 aliphatic carbocycles. The molecule has 2 saturated carbocycles. The number of rotatable bonds is 3. The van der Waals surface area contributed by atoms with Crippen LogP contribution >= 0.6 is 0 Å². The number of benzene rings is 1. The topological polar surface area (TPSA) is 160 Å². The van der Waals surface area contributed by atoms with Crippen molar-refractivity contribution in [3.8, 4) is 0 Å². The number of Topliss-reactive ketones (excluding diaryl/α,β-unsaturated/α-hetero) is 1. The van der Waals surface area contributed by atoms with E-state index in [0.717, 1.165) is 0 Å². The van der Waals surface area contributed by atoms with Crippen LogP contribution in [0.1, 0.15) is 57.8 Å². The van der Waals surface area contributed by atoms with E-state index in [1.807, 2.05) is 0 Å². The van der Waals surface area contributed by atoms with Crippen LogP contribution in [-0.2, 0) is 23.8 Å². The zero-order chi connectivity index (χ0) is 28.7. The van der Waals surface area contributed by atoms with Gasteiger partial charge < -0.3 is 34.6 Å². The van der Waals surface area contributed by atoms with Crippen LogP contribution in [0.25, 0.3) is 0 Å². The van der Waals surface area contributed by atoms with Gasteiger partial charge in [-0.3, -0.25) is 9.59 Å². The Balaban J connectivity index is 1.81. The molecule has 1 saturated heterocycles. The number of carbonyl (C=O) groups excluding carboxylic acids is 3. The van der Waals surface area contributed by atoms with Crippen LogP contribution in [0.5, 0.6) is 0 Å². The summed E-state index contributed by atoms with van der Waals surface area (Å²) in [5.74, 6) is -3.60. The molecule has 2 bridgehead atoms. The smallest absolute Gasteiger partial charge is 0.338 e. The van der Waals surface area contributed by atoms with Gasteiger partial charge in [-0.05, 0) is 37.1 Å². The molecule has 10 nitrogen and oxygen atoms in total. The van der Waals surface area contributed by atoms with Crippen molar-refractivity contribution in [2.75, 3.05) is 6.61 Å². The second-order valence-electron chi connectivity index (χ2n) is 12.2. The summed E-state index contributed by atoms with van der Waals surface area (Å²) in [6.07, 6.45) is -7.26. The maximum absolute atomic E-state index is 14.3. The average Bonchev–Trinajstić information content (AvgIpc) is 2.87. The van der Waals surface area contributed by atoms with Gasteiger partial charge in [0, 0.05) is 25.2 Å². The predicted molar refractivity (Wildman–Crippen MR) is 135 cm³/mol. The molecule has 10 heteroatoms. The number of aliphatic hydroxyl groups excluding tert-OH is 3. The largest absolute Gasteiger partial charge is 0.455 e. The van der Waals surface area contributed by atoms with Crippen LogP contribution in [0.2, 0.25) is 0 Å². The summed E-state index contributed by atoms with van der Waals surface area (Å²) in [7, 11) is 0. The first-order valence-electron chi connectivity index (χ1n) is 13.2. The Morgan fingerprint density at radius 2 is 1.72 bits per heavy atom.